The maximum atomic E-state index is 11.6. The van der Waals surface area contributed by atoms with E-state index >= 15 is 0 Å². The lowest BCUT2D eigenvalue weighted by atomic mass is 9.88. The van der Waals surface area contributed by atoms with Crippen molar-refractivity contribution in [3.63, 3.8) is 0 Å². The van der Waals surface area contributed by atoms with Gasteiger partial charge in [-0.2, -0.15) is 5.10 Å². The number of carboxylic acids is 1. The standard InChI is InChI=1S/C18H22N4O3/c1-19-9-8-15-16-14(18(23)24)7-10-20-17(16)22(21-15)11-12-3-5-13(25-2)6-4-12/h3-7,10,16-17,19H,8-9,11H2,1-2H3,(H,23,24). The Hall–Kier alpha value is -2.67. The van der Waals surface area contributed by atoms with Gasteiger partial charge in [0.05, 0.1) is 30.9 Å². The Kier molecular flexibility index (Phi) is 5.14. The maximum Gasteiger partial charge on any atom is 0.332 e. The van der Waals surface area contributed by atoms with Crippen molar-refractivity contribution in [2.45, 2.75) is 19.1 Å². The summed E-state index contributed by atoms with van der Waals surface area (Å²) in [5, 5.41) is 19.2. The second-order valence-electron chi connectivity index (χ2n) is 6.01. The van der Waals surface area contributed by atoms with Crippen LogP contribution in [-0.4, -0.2) is 54.9 Å². The lowest BCUT2D eigenvalue weighted by Crippen LogP contribution is -2.36. The number of benzene rings is 1. The number of ether oxygens (including phenoxy) is 1. The zero-order valence-corrected chi connectivity index (χ0v) is 14.3. The summed E-state index contributed by atoms with van der Waals surface area (Å²) in [4.78, 5) is 16.1. The lowest BCUT2D eigenvalue weighted by molar-refractivity contribution is -0.133. The van der Waals surface area contributed by atoms with Crippen LogP contribution in [-0.2, 0) is 11.3 Å². The molecule has 3 rings (SSSR count). The van der Waals surface area contributed by atoms with Crippen LogP contribution in [0.5, 0.6) is 5.75 Å². The van der Waals surface area contributed by atoms with Crippen LogP contribution in [0.2, 0.25) is 0 Å². The van der Waals surface area contributed by atoms with Crippen molar-refractivity contribution in [1.29, 1.82) is 0 Å². The van der Waals surface area contributed by atoms with E-state index in [2.05, 4.69) is 10.3 Å². The third kappa shape index (κ3) is 3.56. The number of dihydropyridines is 1. The summed E-state index contributed by atoms with van der Waals surface area (Å²) in [5.74, 6) is -0.410. The van der Waals surface area contributed by atoms with Gasteiger partial charge in [0.2, 0.25) is 0 Å². The van der Waals surface area contributed by atoms with E-state index in [1.165, 1.54) is 0 Å². The van der Waals surface area contributed by atoms with Gasteiger partial charge in [0.25, 0.3) is 0 Å². The van der Waals surface area contributed by atoms with Gasteiger partial charge in [-0.25, -0.2) is 4.79 Å². The predicted molar refractivity (Wildman–Crippen MR) is 96.0 cm³/mol. The number of carboxylic acid groups (broad SMARTS) is 1. The minimum Gasteiger partial charge on any atom is -0.497 e. The van der Waals surface area contributed by atoms with Crippen LogP contribution in [0, 0.1) is 5.92 Å². The molecule has 2 aliphatic heterocycles. The third-order valence-corrected chi connectivity index (χ3v) is 4.43. The van der Waals surface area contributed by atoms with Gasteiger partial charge in [-0.1, -0.05) is 12.1 Å². The summed E-state index contributed by atoms with van der Waals surface area (Å²) in [6.07, 6.45) is 3.54. The van der Waals surface area contributed by atoms with Gasteiger partial charge in [-0.05, 0) is 30.8 Å². The Labute approximate surface area is 146 Å². The number of fused-ring (bicyclic) bond motifs is 1. The van der Waals surface area contributed by atoms with Gasteiger partial charge in [-0.3, -0.25) is 10.0 Å². The number of nitrogens with one attached hydrogen (secondary N) is 1. The minimum atomic E-state index is -0.912. The molecule has 0 radical (unpaired) electrons. The maximum absolute atomic E-state index is 11.6. The summed E-state index contributed by atoms with van der Waals surface area (Å²) < 4.78 is 5.18. The molecule has 0 saturated carbocycles. The fourth-order valence-corrected chi connectivity index (χ4v) is 3.16. The predicted octanol–water partition coefficient (Wildman–Crippen LogP) is 1.51. The number of allylic oxidation sites excluding steroid dienone is 1. The molecule has 25 heavy (non-hydrogen) atoms. The molecule has 0 saturated heterocycles. The van der Waals surface area contributed by atoms with Crippen LogP contribution in [0.4, 0.5) is 0 Å². The Morgan fingerprint density at radius 1 is 1.36 bits per heavy atom. The highest BCUT2D eigenvalue weighted by Gasteiger charge is 2.42. The molecule has 2 N–H and O–H groups in total. The molecule has 0 bridgehead atoms. The zero-order chi connectivity index (χ0) is 17.8. The average Bonchev–Trinajstić information content (AvgIpc) is 2.98. The number of methoxy groups -OCH3 is 1. The van der Waals surface area contributed by atoms with Gasteiger partial charge >= 0.3 is 5.97 Å². The molecule has 7 nitrogen and oxygen atoms in total. The largest absolute Gasteiger partial charge is 0.497 e. The second-order valence-corrected chi connectivity index (χ2v) is 6.01. The summed E-state index contributed by atoms with van der Waals surface area (Å²) in [6, 6.07) is 7.77. The quantitative estimate of drug-likeness (QED) is 0.784. The summed E-state index contributed by atoms with van der Waals surface area (Å²) in [7, 11) is 3.50. The van der Waals surface area contributed by atoms with Crippen LogP contribution >= 0.6 is 0 Å². The fourth-order valence-electron chi connectivity index (χ4n) is 3.16. The topological polar surface area (TPSA) is 86.5 Å². The molecule has 0 fully saturated rings. The van der Waals surface area contributed by atoms with Crippen molar-refractivity contribution in [1.82, 2.24) is 10.3 Å². The van der Waals surface area contributed by atoms with E-state index in [4.69, 9.17) is 9.84 Å². The molecule has 2 aliphatic rings. The number of hydrogen-bond donors (Lipinski definition) is 2. The van der Waals surface area contributed by atoms with Crippen molar-refractivity contribution < 1.29 is 14.6 Å². The summed E-state index contributed by atoms with van der Waals surface area (Å²) in [6.45, 7) is 1.31. The number of hydrogen-bond acceptors (Lipinski definition) is 6. The second kappa shape index (κ2) is 7.48. The molecular weight excluding hydrogens is 320 g/mol. The van der Waals surface area contributed by atoms with Gasteiger partial charge in [0.1, 0.15) is 11.9 Å². The SMILES string of the molecule is CNCCC1=NN(Cc2ccc(OC)cc2)C2N=CC=C(C(=O)O)C12. The molecule has 2 heterocycles. The molecule has 2 atom stereocenters. The molecule has 1 aromatic rings. The Morgan fingerprint density at radius 2 is 2.12 bits per heavy atom. The van der Waals surface area contributed by atoms with E-state index < -0.39 is 5.97 Å². The summed E-state index contributed by atoms with van der Waals surface area (Å²) in [5.41, 5.74) is 2.28. The number of nitrogens with zero attached hydrogens (tertiary/aromatic N) is 3. The fraction of sp³-hybridized carbons (Fsp3) is 0.389. The van der Waals surface area contributed by atoms with E-state index in [1.807, 2.05) is 36.3 Å². The summed E-state index contributed by atoms with van der Waals surface area (Å²) >= 11 is 0. The number of carbonyl (C=O) groups is 1. The van der Waals surface area contributed by atoms with E-state index in [-0.39, 0.29) is 12.1 Å². The van der Waals surface area contributed by atoms with Crippen molar-refractivity contribution in [3.05, 3.63) is 41.5 Å². The molecule has 0 amide bonds. The van der Waals surface area contributed by atoms with Crippen molar-refractivity contribution in [3.8, 4) is 5.75 Å². The van der Waals surface area contributed by atoms with Crippen LogP contribution < -0.4 is 10.1 Å². The van der Waals surface area contributed by atoms with Gasteiger partial charge in [0, 0.05) is 19.2 Å². The first kappa shape index (κ1) is 17.2. The molecule has 0 aromatic heterocycles. The van der Waals surface area contributed by atoms with Crippen LogP contribution in [0.15, 0.2) is 46.0 Å². The highest BCUT2D eigenvalue weighted by atomic mass is 16.5. The lowest BCUT2D eigenvalue weighted by Gasteiger charge is -2.27. The van der Waals surface area contributed by atoms with Gasteiger partial charge in [0.15, 0.2) is 0 Å². The Morgan fingerprint density at radius 3 is 2.76 bits per heavy atom. The molecular formula is C18H22N4O3. The molecule has 2 unspecified atom stereocenters. The average molecular weight is 342 g/mol. The van der Waals surface area contributed by atoms with Crippen molar-refractivity contribution >= 4 is 17.9 Å². The van der Waals surface area contributed by atoms with Gasteiger partial charge in [-0.15, -0.1) is 0 Å². The van der Waals surface area contributed by atoms with E-state index in [0.717, 1.165) is 23.6 Å². The molecule has 132 valence electrons. The number of aliphatic imine (C=N–C) groups is 1. The van der Waals surface area contributed by atoms with Crippen LogP contribution in [0.1, 0.15) is 12.0 Å². The molecule has 7 heteroatoms. The normalized spacial score (nSPS) is 21.6. The molecule has 1 aromatic carbocycles. The van der Waals surface area contributed by atoms with E-state index in [9.17, 15) is 9.90 Å². The minimum absolute atomic E-state index is 0.297. The molecule has 0 aliphatic carbocycles. The van der Waals surface area contributed by atoms with Crippen LogP contribution in [0.25, 0.3) is 0 Å². The van der Waals surface area contributed by atoms with Crippen LogP contribution in [0.3, 0.4) is 0 Å². The highest BCUT2D eigenvalue weighted by Crippen LogP contribution is 2.33. The first-order valence-electron chi connectivity index (χ1n) is 8.22. The van der Waals surface area contributed by atoms with Crippen molar-refractivity contribution in [2.24, 2.45) is 16.0 Å². The Balaban J connectivity index is 1.83. The zero-order valence-electron chi connectivity index (χ0n) is 14.3. The monoisotopic (exact) mass is 342 g/mol. The number of aliphatic carboxylic acids is 1. The van der Waals surface area contributed by atoms with Crippen molar-refractivity contribution in [2.75, 3.05) is 20.7 Å². The number of rotatable bonds is 7. The third-order valence-electron chi connectivity index (χ3n) is 4.43. The van der Waals surface area contributed by atoms with E-state index in [0.29, 0.717) is 18.5 Å². The highest BCUT2D eigenvalue weighted by molar-refractivity contribution is 6.04. The van der Waals surface area contributed by atoms with Gasteiger partial charge < -0.3 is 15.2 Å². The van der Waals surface area contributed by atoms with E-state index in [1.54, 1.807) is 19.4 Å². The number of hydrazone groups is 1. The Bertz CT molecular complexity index is 724. The smallest absolute Gasteiger partial charge is 0.332 e. The first-order valence-corrected chi connectivity index (χ1v) is 8.22. The first-order chi connectivity index (χ1) is 12.1. The molecule has 0 spiro atoms.